The summed E-state index contributed by atoms with van der Waals surface area (Å²) in [5.41, 5.74) is -0.338. The molecule has 2 aliphatic carbocycles. The van der Waals surface area contributed by atoms with Crippen molar-refractivity contribution in [2.45, 2.75) is 36.7 Å². The standard InChI is InChI=1S/C25H24F2N4O6S2/c1-38(34,35)29-16-5-7-18-19(10-16)39(36,37)30-24(28-18)21-23(32)20-12-2-3-13(8-12)22(20)31(25(21)33)11-14-9-15(26)4-6-17(14)27/h4-7,9-10,12-13,20,22,29,32H,2-3,8,11H2,1H3,(H,28,30)/t12-,13+,20+,22-/m0/s1. The predicted octanol–water partition coefficient (Wildman–Crippen LogP) is 3.12. The van der Waals surface area contributed by atoms with Gasteiger partial charge < -0.3 is 15.3 Å². The molecule has 2 fully saturated rings. The third-order valence-corrected chi connectivity index (χ3v) is 9.81. The first-order valence-corrected chi connectivity index (χ1v) is 15.6. The van der Waals surface area contributed by atoms with E-state index in [0.717, 1.165) is 49.8 Å². The lowest BCUT2D eigenvalue weighted by Crippen LogP contribution is -2.53. The molecule has 0 spiro atoms. The molecule has 2 saturated carbocycles. The third-order valence-electron chi connectivity index (χ3n) is 7.89. The minimum atomic E-state index is -4.42. The molecule has 0 unspecified atom stereocenters. The van der Waals surface area contributed by atoms with Gasteiger partial charge in [0, 0.05) is 29.8 Å². The Kier molecular flexibility index (Phi) is 5.77. The Bertz CT molecular complexity index is 1710. The number of amidine groups is 1. The zero-order valence-electron chi connectivity index (χ0n) is 20.6. The summed E-state index contributed by atoms with van der Waals surface area (Å²) in [6.07, 6.45) is 3.31. The number of carbonyl (C=O) groups is 1. The molecule has 2 bridgehead atoms. The number of rotatable bonds is 5. The molecular weight excluding hydrogens is 554 g/mol. The summed E-state index contributed by atoms with van der Waals surface area (Å²) in [7, 11) is -8.10. The van der Waals surface area contributed by atoms with E-state index in [1.807, 2.05) is 0 Å². The Morgan fingerprint density at radius 2 is 1.90 bits per heavy atom. The molecule has 6 rings (SSSR count). The van der Waals surface area contributed by atoms with E-state index < -0.39 is 49.5 Å². The molecule has 2 aromatic rings. The van der Waals surface area contributed by atoms with E-state index in [9.17, 15) is 35.5 Å². The van der Waals surface area contributed by atoms with Crippen LogP contribution in [0.25, 0.3) is 0 Å². The van der Waals surface area contributed by atoms with E-state index in [4.69, 9.17) is 0 Å². The van der Waals surface area contributed by atoms with Crippen LogP contribution in [0.3, 0.4) is 0 Å². The molecule has 2 aromatic carbocycles. The number of carbonyl (C=O) groups excluding carboxylic acids is 1. The summed E-state index contributed by atoms with van der Waals surface area (Å²) in [4.78, 5) is 15.0. The molecule has 4 aliphatic rings. The predicted molar refractivity (Wildman–Crippen MR) is 138 cm³/mol. The van der Waals surface area contributed by atoms with Gasteiger partial charge >= 0.3 is 0 Å². The molecule has 1 amide bonds. The number of nitrogens with one attached hydrogen (secondary N) is 2. The molecule has 3 N–H and O–H groups in total. The van der Waals surface area contributed by atoms with E-state index in [-0.39, 0.29) is 57.4 Å². The number of aliphatic hydroxyl groups excluding tert-OH is 1. The largest absolute Gasteiger partial charge is 0.511 e. The zero-order chi connectivity index (χ0) is 27.9. The van der Waals surface area contributed by atoms with Crippen molar-refractivity contribution >= 4 is 43.2 Å². The lowest BCUT2D eigenvalue weighted by atomic mass is 9.77. The number of fused-ring (bicyclic) bond motifs is 6. The Labute approximate surface area is 223 Å². The van der Waals surface area contributed by atoms with Crippen molar-refractivity contribution in [3.63, 3.8) is 0 Å². The minimum Gasteiger partial charge on any atom is -0.511 e. The summed E-state index contributed by atoms with van der Waals surface area (Å²) in [6.45, 7) is -0.263. The quantitative estimate of drug-likeness (QED) is 0.494. The van der Waals surface area contributed by atoms with Crippen LogP contribution in [0.5, 0.6) is 0 Å². The van der Waals surface area contributed by atoms with Crippen molar-refractivity contribution < 1.29 is 35.5 Å². The number of halogens is 2. The average molecular weight is 579 g/mol. The van der Waals surface area contributed by atoms with Crippen LogP contribution in [0.1, 0.15) is 24.8 Å². The minimum absolute atomic E-state index is 0.00389. The van der Waals surface area contributed by atoms with E-state index in [0.29, 0.717) is 0 Å². The smallest absolute Gasteiger partial charge is 0.286 e. The van der Waals surface area contributed by atoms with Gasteiger partial charge in [0.2, 0.25) is 10.0 Å². The first-order valence-electron chi connectivity index (χ1n) is 12.2. The lowest BCUT2D eigenvalue weighted by Gasteiger charge is -2.44. The number of benzene rings is 2. The second-order valence-electron chi connectivity index (χ2n) is 10.4. The fourth-order valence-corrected chi connectivity index (χ4v) is 8.15. The van der Waals surface area contributed by atoms with Crippen molar-refractivity contribution in [1.29, 1.82) is 0 Å². The van der Waals surface area contributed by atoms with Crippen molar-refractivity contribution in [2.75, 3.05) is 16.3 Å². The van der Waals surface area contributed by atoms with Gasteiger partial charge in [-0.3, -0.25) is 9.52 Å². The fraction of sp³-hybridized carbons (Fsp3) is 0.360. The fourth-order valence-electron chi connectivity index (χ4n) is 6.44. The molecule has 2 aliphatic heterocycles. The van der Waals surface area contributed by atoms with Gasteiger partial charge in [-0.15, -0.1) is 4.40 Å². The maximum absolute atomic E-state index is 14.6. The van der Waals surface area contributed by atoms with Crippen LogP contribution in [-0.4, -0.2) is 50.9 Å². The molecular formula is C25H24F2N4O6S2. The Hall–Kier alpha value is -3.52. The number of sulfonamides is 2. The van der Waals surface area contributed by atoms with Crippen LogP contribution < -0.4 is 10.0 Å². The van der Waals surface area contributed by atoms with Crippen LogP contribution >= 0.6 is 0 Å². The van der Waals surface area contributed by atoms with E-state index in [2.05, 4.69) is 14.4 Å². The normalized spacial score (nSPS) is 27.1. The van der Waals surface area contributed by atoms with Crippen LogP contribution in [0, 0.1) is 29.4 Å². The number of anilines is 2. The number of nitrogens with zero attached hydrogens (tertiary/aromatic N) is 2. The van der Waals surface area contributed by atoms with Gasteiger partial charge in [0.25, 0.3) is 15.9 Å². The molecule has 206 valence electrons. The van der Waals surface area contributed by atoms with Gasteiger partial charge in [-0.2, -0.15) is 8.42 Å². The summed E-state index contributed by atoms with van der Waals surface area (Å²) < 4.78 is 83.9. The first-order chi connectivity index (χ1) is 18.3. The summed E-state index contributed by atoms with van der Waals surface area (Å²) >= 11 is 0. The maximum atomic E-state index is 14.6. The number of hydrogen-bond donors (Lipinski definition) is 3. The van der Waals surface area contributed by atoms with Crippen molar-refractivity contribution in [3.05, 3.63) is 64.9 Å². The van der Waals surface area contributed by atoms with E-state index in [1.54, 1.807) is 0 Å². The molecule has 2 heterocycles. The van der Waals surface area contributed by atoms with Gasteiger partial charge in [-0.05, 0) is 67.5 Å². The SMILES string of the molecule is CS(=O)(=O)Nc1ccc2c(c1)S(=O)(=O)N=C(C1=C(O)[C@@H]3[C@H]4CC[C@H](C4)[C@@H]3N(Cc3cc(F)ccc3F)C1=O)N2. The third kappa shape index (κ3) is 4.35. The molecule has 0 aromatic heterocycles. The second kappa shape index (κ2) is 8.74. The zero-order valence-corrected chi connectivity index (χ0v) is 22.2. The number of aliphatic hydroxyl groups is 1. The van der Waals surface area contributed by atoms with Crippen molar-refractivity contribution in [1.82, 2.24) is 4.90 Å². The number of hydrogen-bond acceptors (Lipinski definition) is 7. The lowest BCUT2D eigenvalue weighted by molar-refractivity contribution is -0.134. The van der Waals surface area contributed by atoms with Gasteiger partial charge in [0.05, 0.1) is 11.9 Å². The summed E-state index contributed by atoms with van der Waals surface area (Å²) in [5, 5.41) is 14.2. The molecule has 39 heavy (non-hydrogen) atoms. The van der Waals surface area contributed by atoms with Crippen LogP contribution in [0.4, 0.5) is 20.2 Å². The highest BCUT2D eigenvalue weighted by Gasteiger charge is 2.57. The topological polar surface area (TPSA) is 145 Å². The highest BCUT2D eigenvalue weighted by atomic mass is 32.2. The number of amides is 1. The molecule has 4 atom stereocenters. The monoisotopic (exact) mass is 578 g/mol. The van der Waals surface area contributed by atoms with Crippen LogP contribution in [-0.2, 0) is 31.4 Å². The Morgan fingerprint density at radius 1 is 1.15 bits per heavy atom. The highest BCUT2D eigenvalue weighted by molar-refractivity contribution is 7.92. The van der Waals surface area contributed by atoms with E-state index >= 15 is 0 Å². The Morgan fingerprint density at radius 3 is 2.64 bits per heavy atom. The van der Waals surface area contributed by atoms with Crippen LogP contribution in [0.2, 0.25) is 0 Å². The van der Waals surface area contributed by atoms with Gasteiger partial charge in [-0.25, -0.2) is 17.2 Å². The Balaban J connectivity index is 1.42. The van der Waals surface area contributed by atoms with Gasteiger partial charge in [0.1, 0.15) is 27.9 Å². The average Bonchev–Trinajstić information content (AvgIpc) is 3.45. The highest BCUT2D eigenvalue weighted by Crippen LogP contribution is 2.55. The molecule has 0 radical (unpaired) electrons. The van der Waals surface area contributed by atoms with Crippen molar-refractivity contribution in [3.8, 4) is 0 Å². The molecule has 14 heteroatoms. The van der Waals surface area contributed by atoms with Crippen LogP contribution in [0.15, 0.2) is 57.0 Å². The maximum Gasteiger partial charge on any atom is 0.286 e. The molecule has 0 saturated heterocycles. The first kappa shape index (κ1) is 25.7. The van der Waals surface area contributed by atoms with E-state index in [1.165, 1.54) is 17.0 Å². The summed E-state index contributed by atoms with van der Waals surface area (Å²) in [5.74, 6) is -3.14. The van der Waals surface area contributed by atoms with Gasteiger partial charge in [0.15, 0.2) is 5.84 Å². The summed E-state index contributed by atoms with van der Waals surface area (Å²) in [6, 6.07) is 6.29. The van der Waals surface area contributed by atoms with Gasteiger partial charge in [-0.1, -0.05) is 0 Å². The molecule has 10 nitrogen and oxygen atoms in total. The van der Waals surface area contributed by atoms with Crippen molar-refractivity contribution in [2.24, 2.45) is 22.2 Å². The second-order valence-corrected chi connectivity index (χ2v) is 13.7.